The molecular weight excluding hydrogens is 268 g/mol. The minimum absolute atomic E-state index is 0.00490. The number of carboxylic acids is 1. The summed E-state index contributed by atoms with van der Waals surface area (Å²) in [4.78, 5) is 18.5. The third kappa shape index (κ3) is 3.33. The Labute approximate surface area is 113 Å². The van der Waals surface area contributed by atoms with Gasteiger partial charge >= 0.3 is 5.97 Å². The molecule has 0 aliphatic carbocycles. The fourth-order valence-corrected chi connectivity index (χ4v) is 1.65. The summed E-state index contributed by atoms with van der Waals surface area (Å²) in [5, 5.41) is 11.9. The topological polar surface area (TPSA) is 75.1 Å². The highest BCUT2D eigenvalue weighted by Gasteiger charge is 2.10. The van der Waals surface area contributed by atoms with Crippen molar-refractivity contribution in [2.75, 3.05) is 0 Å². The van der Waals surface area contributed by atoms with Crippen LogP contribution in [0.2, 0.25) is 0 Å². The lowest BCUT2D eigenvalue weighted by Crippen LogP contribution is -2.17. The summed E-state index contributed by atoms with van der Waals surface area (Å²) in [5.41, 5.74) is 0.884. The number of nitrogens with one attached hydrogen (secondary N) is 1. The first kappa shape index (κ1) is 14.0. The molecule has 1 aromatic carbocycles. The van der Waals surface area contributed by atoms with Gasteiger partial charge in [0.05, 0.1) is 5.69 Å². The summed E-state index contributed by atoms with van der Waals surface area (Å²) >= 11 is 0. The summed E-state index contributed by atoms with van der Waals surface area (Å²) in [7, 11) is 0. The first-order valence-corrected chi connectivity index (χ1v) is 5.74. The number of carboxylic acid groups (broad SMARTS) is 1. The lowest BCUT2D eigenvalue weighted by molar-refractivity contribution is 0.0694. The molecule has 0 spiro atoms. The van der Waals surface area contributed by atoms with Crippen molar-refractivity contribution in [3.05, 3.63) is 59.2 Å². The maximum atomic E-state index is 13.0. The fourth-order valence-electron chi connectivity index (χ4n) is 1.65. The van der Waals surface area contributed by atoms with Gasteiger partial charge in [0.25, 0.3) is 0 Å². The number of hydrogen-bond acceptors (Lipinski definition) is 4. The lowest BCUT2D eigenvalue weighted by atomic mass is 10.2. The summed E-state index contributed by atoms with van der Waals surface area (Å²) in [5.74, 6) is -2.94. The molecule has 0 unspecified atom stereocenters. The molecule has 2 rings (SSSR count). The van der Waals surface area contributed by atoms with E-state index in [1.165, 1.54) is 18.6 Å². The van der Waals surface area contributed by atoms with Crippen LogP contribution in [-0.4, -0.2) is 21.0 Å². The van der Waals surface area contributed by atoms with Crippen LogP contribution in [0.25, 0.3) is 0 Å². The predicted molar refractivity (Wildman–Crippen MR) is 65.9 cm³/mol. The van der Waals surface area contributed by atoms with Crippen molar-refractivity contribution in [3.8, 4) is 0 Å². The van der Waals surface area contributed by atoms with Gasteiger partial charge in [0.15, 0.2) is 11.6 Å². The van der Waals surface area contributed by atoms with Crippen molar-refractivity contribution in [1.82, 2.24) is 15.3 Å². The Kier molecular flexibility index (Phi) is 4.31. The number of carbonyl (C=O) groups is 1. The van der Waals surface area contributed by atoms with Gasteiger partial charge in [0.2, 0.25) is 0 Å². The molecule has 0 aliphatic rings. The number of halogens is 2. The SMILES string of the molecule is O=C(O)c1cncnc1CNCc1ccc(F)c(F)c1. The van der Waals surface area contributed by atoms with E-state index in [0.717, 1.165) is 12.1 Å². The van der Waals surface area contributed by atoms with Crippen molar-refractivity contribution >= 4 is 5.97 Å². The van der Waals surface area contributed by atoms with Crippen LogP contribution in [0.3, 0.4) is 0 Å². The Morgan fingerprint density at radius 3 is 2.75 bits per heavy atom. The molecule has 2 N–H and O–H groups in total. The zero-order valence-electron chi connectivity index (χ0n) is 10.3. The van der Waals surface area contributed by atoms with E-state index < -0.39 is 17.6 Å². The maximum Gasteiger partial charge on any atom is 0.339 e. The van der Waals surface area contributed by atoms with Crippen molar-refractivity contribution in [2.24, 2.45) is 0 Å². The van der Waals surface area contributed by atoms with Crippen molar-refractivity contribution in [1.29, 1.82) is 0 Å². The highest BCUT2D eigenvalue weighted by Crippen LogP contribution is 2.09. The first-order valence-electron chi connectivity index (χ1n) is 5.74. The summed E-state index contributed by atoms with van der Waals surface area (Å²) in [6.45, 7) is 0.448. The molecule has 0 aliphatic heterocycles. The highest BCUT2D eigenvalue weighted by molar-refractivity contribution is 5.88. The minimum atomic E-state index is -1.12. The minimum Gasteiger partial charge on any atom is -0.478 e. The van der Waals surface area contributed by atoms with E-state index in [0.29, 0.717) is 11.3 Å². The summed E-state index contributed by atoms with van der Waals surface area (Å²) in [6.07, 6.45) is 2.46. The smallest absolute Gasteiger partial charge is 0.339 e. The van der Waals surface area contributed by atoms with E-state index in [2.05, 4.69) is 15.3 Å². The van der Waals surface area contributed by atoms with E-state index in [-0.39, 0.29) is 18.7 Å². The molecule has 0 radical (unpaired) electrons. The van der Waals surface area contributed by atoms with Gasteiger partial charge in [-0.05, 0) is 17.7 Å². The van der Waals surface area contributed by atoms with Crippen LogP contribution >= 0.6 is 0 Å². The average molecular weight is 279 g/mol. The van der Waals surface area contributed by atoms with Crippen LogP contribution in [0, 0.1) is 11.6 Å². The molecule has 0 atom stereocenters. The van der Waals surface area contributed by atoms with E-state index in [4.69, 9.17) is 5.11 Å². The van der Waals surface area contributed by atoms with Gasteiger partial charge in [-0.25, -0.2) is 23.5 Å². The van der Waals surface area contributed by atoms with E-state index in [9.17, 15) is 13.6 Å². The first-order chi connectivity index (χ1) is 9.58. The molecule has 7 heteroatoms. The van der Waals surface area contributed by atoms with Gasteiger partial charge in [-0.3, -0.25) is 0 Å². The van der Waals surface area contributed by atoms with Crippen molar-refractivity contribution in [2.45, 2.75) is 13.1 Å². The van der Waals surface area contributed by atoms with E-state index >= 15 is 0 Å². The molecule has 1 heterocycles. The molecule has 104 valence electrons. The number of rotatable bonds is 5. The van der Waals surface area contributed by atoms with Crippen LogP contribution in [0.4, 0.5) is 8.78 Å². The summed E-state index contributed by atoms with van der Waals surface area (Å²) in [6, 6.07) is 3.57. The molecule has 2 aromatic rings. The number of aromatic carboxylic acids is 1. The number of hydrogen-bond donors (Lipinski definition) is 2. The molecular formula is C13H11F2N3O2. The molecule has 0 saturated heterocycles. The van der Waals surface area contributed by atoms with Gasteiger partial charge < -0.3 is 10.4 Å². The van der Waals surface area contributed by atoms with Gasteiger partial charge in [-0.2, -0.15) is 0 Å². The van der Waals surface area contributed by atoms with Gasteiger partial charge in [0, 0.05) is 19.3 Å². The molecule has 0 bridgehead atoms. The third-order valence-electron chi connectivity index (χ3n) is 2.63. The predicted octanol–water partition coefficient (Wildman–Crippen LogP) is 1.74. The largest absolute Gasteiger partial charge is 0.478 e. The molecule has 0 amide bonds. The van der Waals surface area contributed by atoms with Crippen LogP contribution in [0.1, 0.15) is 21.6 Å². The second-order valence-corrected chi connectivity index (χ2v) is 4.04. The van der Waals surface area contributed by atoms with Crippen molar-refractivity contribution in [3.63, 3.8) is 0 Å². The van der Waals surface area contributed by atoms with E-state index in [1.54, 1.807) is 0 Å². The third-order valence-corrected chi connectivity index (χ3v) is 2.63. The van der Waals surface area contributed by atoms with Crippen LogP contribution in [0.5, 0.6) is 0 Å². The van der Waals surface area contributed by atoms with Crippen LogP contribution < -0.4 is 5.32 Å². The Morgan fingerprint density at radius 2 is 2.05 bits per heavy atom. The molecule has 0 fully saturated rings. The normalized spacial score (nSPS) is 10.5. The molecule has 20 heavy (non-hydrogen) atoms. The monoisotopic (exact) mass is 279 g/mol. The van der Waals surface area contributed by atoms with Gasteiger partial charge in [-0.1, -0.05) is 6.07 Å². The summed E-state index contributed by atoms with van der Waals surface area (Å²) < 4.78 is 25.7. The van der Waals surface area contributed by atoms with Gasteiger partial charge in [0.1, 0.15) is 11.9 Å². The van der Waals surface area contributed by atoms with E-state index in [1.807, 2.05) is 0 Å². The Hall–Kier alpha value is -2.41. The Balaban J connectivity index is 1.99. The fraction of sp³-hybridized carbons (Fsp3) is 0.154. The lowest BCUT2D eigenvalue weighted by Gasteiger charge is -2.07. The standard InChI is InChI=1S/C13H11F2N3O2/c14-10-2-1-8(3-11(10)15)4-16-6-12-9(13(19)20)5-17-7-18-12/h1-3,5,7,16H,4,6H2,(H,19,20). The Bertz CT molecular complexity index is 635. The number of benzene rings is 1. The van der Waals surface area contributed by atoms with Crippen LogP contribution in [-0.2, 0) is 13.1 Å². The molecule has 0 saturated carbocycles. The second-order valence-electron chi connectivity index (χ2n) is 4.04. The second kappa shape index (κ2) is 6.16. The van der Waals surface area contributed by atoms with Crippen molar-refractivity contribution < 1.29 is 18.7 Å². The highest BCUT2D eigenvalue weighted by atomic mass is 19.2. The zero-order valence-corrected chi connectivity index (χ0v) is 10.3. The molecule has 5 nitrogen and oxygen atoms in total. The number of aromatic nitrogens is 2. The maximum absolute atomic E-state index is 13.0. The van der Waals surface area contributed by atoms with Gasteiger partial charge in [-0.15, -0.1) is 0 Å². The zero-order chi connectivity index (χ0) is 14.5. The average Bonchev–Trinajstić information content (AvgIpc) is 2.43. The molecule has 1 aromatic heterocycles. The quantitative estimate of drug-likeness (QED) is 0.872. The van der Waals surface area contributed by atoms with Crippen LogP contribution in [0.15, 0.2) is 30.7 Å². The Morgan fingerprint density at radius 1 is 1.25 bits per heavy atom. The number of nitrogens with zero attached hydrogens (tertiary/aromatic N) is 2.